The zero-order valence-corrected chi connectivity index (χ0v) is 18.0. The smallest absolute Gasteiger partial charge is 0.193 e. The number of ketones is 2. The molecule has 2 rings (SSSR count). The number of benzene rings is 2. The van der Waals surface area contributed by atoms with Crippen LogP contribution in [-0.4, -0.2) is 46.2 Å². The zero-order chi connectivity index (χ0) is 22.4. The van der Waals surface area contributed by atoms with Gasteiger partial charge in [-0.1, -0.05) is 36.4 Å². The van der Waals surface area contributed by atoms with Crippen LogP contribution in [0.25, 0.3) is 0 Å². The van der Waals surface area contributed by atoms with Gasteiger partial charge in [-0.2, -0.15) is 0 Å². The highest BCUT2D eigenvalue weighted by molar-refractivity contribution is 6.02. The predicted octanol–water partition coefficient (Wildman–Crippen LogP) is 3.33. The molecule has 6 nitrogen and oxygen atoms in total. The average molecular weight is 414 g/mol. The molecule has 0 spiro atoms. The number of carbonyl (C=O) groups excluding carboxylic acids is 2. The van der Waals surface area contributed by atoms with Gasteiger partial charge in [0, 0.05) is 11.1 Å². The van der Waals surface area contributed by atoms with Crippen LogP contribution in [-0.2, 0) is 22.7 Å². The van der Waals surface area contributed by atoms with Crippen molar-refractivity contribution in [2.45, 2.75) is 52.1 Å². The molecule has 0 aromatic heterocycles. The molecular formula is C24H30O6. The van der Waals surface area contributed by atoms with Gasteiger partial charge in [-0.05, 0) is 51.0 Å². The van der Waals surface area contributed by atoms with Crippen LogP contribution in [0.1, 0.15) is 59.5 Å². The standard InChI is InChI=1S/C24H30O6/c1-23(2,27)21(25)19-9-5-7-17(13-19)15-29-11-12-30-16-18-8-6-10-20(14-18)22(26)24(3,4)28/h5-10,13-14,27-28H,11-12,15-16H2,1-4H3. The minimum absolute atomic E-state index is 0.325. The van der Waals surface area contributed by atoms with Crippen molar-refractivity contribution in [2.75, 3.05) is 13.2 Å². The van der Waals surface area contributed by atoms with Gasteiger partial charge in [0.05, 0.1) is 26.4 Å². The summed E-state index contributed by atoms with van der Waals surface area (Å²) in [7, 11) is 0. The van der Waals surface area contributed by atoms with Crippen LogP contribution in [0.2, 0.25) is 0 Å². The van der Waals surface area contributed by atoms with Gasteiger partial charge in [0.2, 0.25) is 0 Å². The van der Waals surface area contributed by atoms with Crippen LogP contribution < -0.4 is 0 Å². The Kier molecular flexibility index (Phi) is 8.03. The molecule has 0 atom stereocenters. The van der Waals surface area contributed by atoms with Crippen molar-refractivity contribution >= 4 is 11.6 Å². The van der Waals surface area contributed by atoms with E-state index in [9.17, 15) is 19.8 Å². The highest BCUT2D eigenvalue weighted by atomic mass is 16.5. The molecule has 0 aliphatic heterocycles. The molecule has 0 aliphatic carbocycles. The molecular weight excluding hydrogens is 384 g/mol. The monoisotopic (exact) mass is 414 g/mol. The summed E-state index contributed by atoms with van der Waals surface area (Å²) in [6.07, 6.45) is 0. The van der Waals surface area contributed by atoms with E-state index in [1.807, 2.05) is 12.1 Å². The number of hydrogen-bond acceptors (Lipinski definition) is 6. The van der Waals surface area contributed by atoms with Crippen LogP contribution in [0.4, 0.5) is 0 Å². The van der Waals surface area contributed by atoms with Crippen LogP contribution in [0.15, 0.2) is 48.5 Å². The minimum Gasteiger partial charge on any atom is -0.382 e. The second-order valence-electron chi connectivity index (χ2n) is 8.28. The van der Waals surface area contributed by atoms with Crippen LogP contribution in [0.5, 0.6) is 0 Å². The van der Waals surface area contributed by atoms with Gasteiger partial charge >= 0.3 is 0 Å². The first kappa shape index (κ1) is 23.9. The normalized spacial score (nSPS) is 12.1. The predicted molar refractivity (Wildman–Crippen MR) is 113 cm³/mol. The largest absolute Gasteiger partial charge is 0.382 e. The summed E-state index contributed by atoms with van der Waals surface area (Å²) in [4.78, 5) is 24.3. The van der Waals surface area contributed by atoms with Crippen molar-refractivity contribution in [3.63, 3.8) is 0 Å². The molecule has 0 heterocycles. The maximum absolute atomic E-state index is 12.1. The molecule has 0 saturated heterocycles. The SMILES string of the molecule is CC(C)(O)C(=O)c1cccc(COCCOCc2cccc(C(=O)C(C)(C)O)c2)c1. The highest BCUT2D eigenvalue weighted by Gasteiger charge is 2.26. The number of aliphatic hydroxyl groups is 2. The molecule has 0 fully saturated rings. The summed E-state index contributed by atoms with van der Waals surface area (Å²) in [6.45, 7) is 7.24. The fourth-order valence-electron chi connectivity index (χ4n) is 2.81. The van der Waals surface area contributed by atoms with E-state index in [1.54, 1.807) is 36.4 Å². The summed E-state index contributed by atoms with van der Waals surface area (Å²) in [5.41, 5.74) is -0.267. The second kappa shape index (κ2) is 10.1. The Morgan fingerprint density at radius 2 is 1.10 bits per heavy atom. The van der Waals surface area contributed by atoms with Gasteiger partial charge in [0.25, 0.3) is 0 Å². The van der Waals surface area contributed by atoms with Gasteiger partial charge < -0.3 is 19.7 Å². The lowest BCUT2D eigenvalue weighted by Crippen LogP contribution is -2.31. The number of Topliss-reactive ketones (excluding diaryl/α,β-unsaturated/α-hetero) is 2. The Balaban J connectivity index is 1.77. The number of carbonyl (C=O) groups is 2. The van der Waals surface area contributed by atoms with E-state index >= 15 is 0 Å². The van der Waals surface area contributed by atoms with Crippen LogP contribution in [0.3, 0.4) is 0 Å². The van der Waals surface area contributed by atoms with E-state index in [0.29, 0.717) is 37.6 Å². The van der Waals surface area contributed by atoms with Gasteiger partial charge in [0.1, 0.15) is 11.2 Å². The molecule has 2 aromatic carbocycles. The third-order valence-electron chi connectivity index (χ3n) is 4.40. The topological polar surface area (TPSA) is 93.1 Å². The summed E-state index contributed by atoms with van der Waals surface area (Å²) in [6, 6.07) is 14.0. The minimum atomic E-state index is -1.41. The fourth-order valence-corrected chi connectivity index (χ4v) is 2.81. The Labute approximate surface area is 177 Å². The highest BCUT2D eigenvalue weighted by Crippen LogP contribution is 2.16. The van der Waals surface area contributed by atoms with E-state index < -0.39 is 11.2 Å². The summed E-state index contributed by atoms with van der Waals surface area (Å²) in [5, 5.41) is 19.7. The zero-order valence-electron chi connectivity index (χ0n) is 18.0. The summed E-state index contributed by atoms with van der Waals surface area (Å²) >= 11 is 0. The van der Waals surface area contributed by atoms with Crippen LogP contribution in [0, 0.1) is 0 Å². The molecule has 2 aromatic rings. The first-order valence-corrected chi connectivity index (χ1v) is 9.86. The van der Waals surface area contributed by atoms with E-state index in [1.165, 1.54) is 27.7 Å². The molecule has 6 heteroatoms. The van der Waals surface area contributed by atoms with Crippen molar-refractivity contribution in [3.8, 4) is 0 Å². The molecule has 0 amide bonds. The Morgan fingerprint density at radius 1 is 0.733 bits per heavy atom. The maximum Gasteiger partial charge on any atom is 0.193 e. The number of ether oxygens (including phenoxy) is 2. The Bertz CT molecular complexity index is 800. The maximum atomic E-state index is 12.1. The Hall–Kier alpha value is -2.38. The summed E-state index contributed by atoms with van der Waals surface area (Å²) < 4.78 is 11.2. The third kappa shape index (κ3) is 7.15. The molecule has 2 N–H and O–H groups in total. The molecule has 0 unspecified atom stereocenters. The molecule has 162 valence electrons. The first-order valence-electron chi connectivity index (χ1n) is 9.86. The van der Waals surface area contributed by atoms with Crippen molar-refractivity contribution < 1.29 is 29.3 Å². The van der Waals surface area contributed by atoms with Crippen molar-refractivity contribution in [2.24, 2.45) is 0 Å². The molecule has 0 saturated carbocycles. The Morgan fingerprint density at radius 3 is 1.43 bits per heavy atom. The molecule has 0 bridgehead atoms. The van der Waals surface area contributed by atoms with E-state index in [-0.39, 0.29) is 11.6 Å². The van der Waals surface area contributed by atoms with Gasteiger partial charge in [-0.3, -0.25) is 9.59 Å². The number of hydrogen-bond donors (Lipinski definition) is 2. The van der Waals surface area contributed by atoms with E-state index in [0.717, 1.165) is 11.1 Å². The lowest BCUT2D eigenvalue weighted by atomic mass is 9.96. The average Bonchev–Trinajstić information content (AvgIpc) is 2.68. The summed E-state index contributed by atoms with van der Waals surface area (Å²) in [5.74, 6) is -0.670. The van der Waals surface area contributed by atoms with E-state index in [4.69, 9.17) is 9.47 Å². The molecule has 30 heavy (non-hydrogen) atoms. The van der Waals surface area contributed by atoms with Gasteiger partial charge in [-0.25, -0.2) is 0 Å². The quantitative estimate of drug-likeness (QED) is 0.433. The molecule has 0 radical (unpaired) electrons. The van der Waals surface area contributed by atoms with Crippen molar-refractivity contribution in [1.29, 1.82) is 0 Å². The second-order valence-corrected chi connectivity index (χ2v) is 8.28. The van der Waals surface area contributed by atoms with Crippen molar-refractivity contribution in [3.05, 3.63) is 70.8 Å². The lowest BCUT2D eigenvalue weighted by Gasteiger charge is -2.16. The lowest BCUT2D eigenvalue weighted by molar-refractivity contribution is 0.0337. The van der Waals surface area contributed by atoms with Crippen molar-refractivity contribution in [1.82, 2.24) is 0 Å². The number of rotatable bonds is 11. The van der Waals surface area contributed by atoms with Gasteiger partial charge in [0.15, 0.2) is 11.6 Å². The van der Waals surface area contributed by atoms with Gasteiger partial charge in [-0.15, -0.1) is 0 Å². The molecule has 0 aliphatic rings. The third-order valence-corrected chi connectivity index (χ3v) is 4.40. The van der Waals surface area contributed by atoms with E-state index in [2.05, 4.69) is 0 Å². The fraction of sp³-hybridized carbons (Fsp3) is 0.417. The first-order chi connectivity index (χ1) is 14.0. The van der Waals surface area contributed by atoms with Crippen LogP contribution >= 0.6 is 0 Å².